The third-order valence-corrected chi connectivity index (χ3v) is 1.43. The van der Waals surface area contributed by atoms with Crippen LogP contribution in [-0.2, 0) is 0 Å². The van der Waals surface area contributed by atoms with Gasteiger partial charge in [0.2, 0.25) is 0 Å². The van der Waals surface area contributed by atoms with Gasteiger partial charge in [-0.3, -0.25) is 4.79 Å². The van der Waals surface area contributed by atoms with E-state index in [0.717, 1.165) is 0 Å². The van der Waals surface area contributed by atoms with Gasteiger partial charge in [-0.2, -0.15) is 0 Å². The smallest absolute Gasteiger partial charge is 0.273 e. The van der Waals surface area contributed by atoms with Crippen molar-refractivity contribution < 1.29 is 9.53 Å². The number of methoxy groups -OCH3 is 1. The number of aromatic nitrogens is 1. The van der Waals surface area contributed by atoms with Crippen LogP contribution in [0.2, 0.25) is 0 Å². The largest absolute Gasteiger partial charge is 0.494 e. The summed E-state index contributed by atoms with van der Waals surface area (Å²) in [4.78, 5) is 15.0. The monoisotopic (exact) mass is 166 g/mol. The van der Waals surface area contributed by atoms with Gasteiger partial charge in [0.1, 0.15) is 5.75 Å². The van der Waals surface area contributed by atoms with Gasteiger partial charge in [-0.15, -0.1) is 0 Å². The predicted octanol–water partition coefficient (Wildman–Crippen LogP) is 0.450. The highest BCUT2D eigenvalue weighted by atomic mass is 16.5. The summed E-state index contributed by atoms with van der Waals surface area (Å²) in [5, 5.41) is 2.47. The number of amides is 1. The van der Waals surface area contributed by atoms with Gasteiger partial charge in [-0.05, 0) is 12.1 Å². The van der Waals surface area contributed by atoms with Crippen LogP contribution in [-0.4, -0.2) is 25.0 Å². The molecule has 0 aromatic carbocycles. The quantitative estimate of drug-likeness (QED) is 0.694. The number of ether oxygens (including phenoxy) is 1. The van der Waals surface area contributed by atoms with Gasteiger partial charge in [0, 0.05) is 13.2 Å². The van der Waals surface area contributed by atoms with Crippen LogP contribution in [0, 0.1) is 0 Å². The first kappa shape index (κ1) is 8.52. The van der Waals surface area contributed by atoms with Crippen LogP contribution in [0.4, 0.5) is 0 Å². The van der Waals surface area contributed by atoms with E-state index in [1.165, 1.54) is 7.11 Å². The molecule has 0 atom stereocenters. The molecule has 1 heterocycles. The highest BCUT2D eigenvalue weighted by Gasteiger charge is 2.10. The van der Waals surface area contributed by atoms with E-state index in [4.69, 9.17) is 4.74 Å². The third-order valence-electron chi connectivity index (χ3n) is 1.43. The second kappa shape index (κ2) is 3.71. The number of nitrogens with one attached hydrogen (secondary N) is 1. The predicted molar refractivity (Wildman–Crippen MR) is 44.2 cm³/mol. The molecule has 0 unspecified atom stereocenters. The number of carbonyl (C=O) groups excluding carboxylic acids is 1. The Bertz CT molecular complexity index is 286. The molecule has 0 spiro atoms. The standard InChI is InChI=1S/C8H10N2O2/c1-9-8(11)7-6(12-2)4-3-5-10-7/h3-5H,1-2H3,(H,9,11). The maximum absolute atomic E-state index is 11.1. The number of pyridine rings is 1. The molecule has 4 nitrogen and oxygen atoms in total. The molecule has 64 valence electrons. The lowest BCUT2D eigenvalue weighted by Gasteiger charge is -2.04. The maximum Gasteiger partial charge on any atom is 0.273 e. The van der Waals surface area contributed by atoms with Crippen LogP contribution in [0.25, 0.3) is 0 Å². The van der Waals surface area contributed by atoms with Gasteiger partial charge in [-0.25, -0.2) is 4.98 Å². The molecule has 1 aromatic rings. The van der Waals surface area contributed by atoms with Gasteiger partial charge < -0.3 is 10.1 Å². The fourth-order valence-corrected chi connectivity index (χ4v) is 0.844. The molecule has 12 heavy (non-hydrogen) atoms. The molecule has 0 bridgehead atoms. The lowest BCUT2D eigenvalue weighted by Crippen LogP contribution is -2.19. The SMILES string of the molecule is CNC(=O)c1ncccc1OC. The van der Waals surface area contributed by atoms with E-state index in [1.54, 1.807) is 25.4 Å². The van der Waals surface area contributed by atoms with Crippen molar-refractivity contribution in [1.82, 2.24) is 10.3 Å². The number of nitrogens with zero attached hydrogens (tertiary/aromatic N) is 1. The van der Waals surface area contributed by atoms with Crippen molar-refractivity contribution in [2.45, 2.75) is 0 Å². The Morgan fingerprint density at radius 3 is 3.00 bits per heavy atom. The third kappa shape index (κ3) is 1.53. The summed E-state index contributed by atoms with van der Waals surface area (Å²) in [7, 11) is 3.06. The fraction of sp³-hybridized carbons (Fsp3) is 0.250. The Kier molecular flexibility index (Phi) is 2.63. The van der Waals surface area contributed by atoms with E-state index in [1.807, 2.05) is 0 Å². The molecule has 1 N–H and O–H groups in total. The molecule has 4 heteroatoms. The van der Waals surface area contributed by atoms with Crippen molar-refractivity contribution in [3.63, 3.8) is 0 Å². The first-order valence-corrected chi connectivity index (χ1v) is 3.50. The van der Waals surface area contributed by atoms with Crippen molar-refractivity contribution in [3.8, 4) is 5.75 Å². The van der Waals surface area contributed by atoms with E-state index in [2.05, 4.69) is 10.3 Å². The molecule has 1 amide bonds. The molecule has 1 rings (SSSR count). The van der Waals surface area contributed by atoms with Gasteiger partial charge in [0.05, 0.1) is 7.11 Å². The zero-order valence-corrected chi connectivity index (χ0v) is 7.00. The number of hydrogen-bond acceptors (Lipinski definition) is 3. The Morgan fingerprint density at radius 1 is 1.67 bits per heavy atom. The lowest BCUT2D eigenvalue weighted by molar-refractivity contribution is 0.0955. The van der Waals surface area contributed by atoms with E-state index in [0.29, 0.717) is 11.4 Å². The highest BCUT2D eigenvalue weighted by Crippen LogP contribution is 2.13. The summed E-state index contributed by atoms with van der Waals surface area (Å²) in [6, 6.07) is 3.41. The summed E-state index contributed by atoms with van der Waals surface area (Å²) >= 11 is 0. The summed E-state index contributed by atoms with van der Waals surface area (Å²) in [5.74, 6) is 0.240. The van der Waals surface area contributed by atoms with Gasteiger partial charge >= 0.3 is 0 Å². The van der Waals surface area contributed by atoms with Crippen LogP contribution in [0.5, 0.6) is 5.75 Å². The van der Waals surface area contributed by atoms with E-state index in [-0.39, 0.29) is 5.91 Å². The van der Waals surface area contributed by atoms with Gasteiger partial charge in [0.15, 0.2) is 5.69 Å². The van der Waals surface area contributed by atoms with Crippen LogP contribution in [0.15, 0.2) is 18.3 Å². The zero-order valence-electron chi connectivity index (χ0n) is 7.00. The van der Waals surface area contributed by atoms with Crippen molar-refractivity contribution in [1.29, 1.82) is 0 Å². The first-order chi connectivity index (χ1) is 5.79. The number of rotatable bonds is 2. The topological polar surface area (TPSA) is 51.2 Å². The molecular formula is C8H10N2O2. The average Bonchev–Trinajstić information content (AvgIpc) is 2.16. The molecular weight excluding hydrogens is 156 g/mol. The summed E-state index contributed by atoms with van der Waals surface area (Å²) in [5.41, 5.74) is 0.308. The number of carbonyl (C=O) groups is 1. The molecule has 0 fully saturated rings. The fourth-order valence-electron chi connectivity index (χ4n) is 0.844. The van der Waals surface area contributed by atoms with Crippen molar-refractivity contribution >= 4 is 5.91 Å². The summed E-state index contributed by atoms with van der Waals surface area (Å²) in [6.07, 6.45) is 1.55. The van der Waals surface area contributed by atoms with Crippen molar-refractivity contribution in [2.75, 3.05) is 14.2 Å². The second-order valence-corrected chi connectivity index (χ2v) is 2.13. The second-order valence-electron chi connectivity index (χ2n) is 2.13. The lowest BCUT2D eigenvalue weighted by atomic mass is 10.3. The Morgan fingerprint density at radius 2 is 2.42 bits per heavy atom. The minimum absolute atomic E-state index is 0.243. The molecule has 0 saturated carbocycles. The average molecular weight is 166 g/mol. The van der Waals surface area contributed by atoms with E-state index in [9.17, 15) is 4.79 Å². The zero-order chi connectivity index (χ0) is 8.97. The minimum Gasteiger partial charge on any atom is -0.494 e. The molecule has 0 aliphatic carbocycles. The Labute approximate surface area is 70.6 Å². The van der Waals surface area contributed by atoms with E-state index < -0.39 is 0 Å². The van der Waals surface area contributed by atoms with Crippen molar-refractivity contribution in [3.05, 3.63) is 24.0 Å². The first-order valence-electron chi connectivity index (χ1n) is 3.50. The van der Waals surface area contributed by atoms with Gasteiger partial charge in [0.25, 0.3) is 5.91 Å². The molecule has 0 aliphatic heterocycles. The Balaban J connectivity index is 3.04. The molecule has 0 saturated heterocycles. The molecule has 0 aliphatic rings. The summed E-state index contributed by atoms with van der Waals surface area (Å²) in [6.45, 7) is 0. The maximum atomic E-state index is 11.1. The van der Waals surface area contributed by atoms with Crippen LogP contribution in [0.1, 0.15) is 10.5 Å². The molecule has 0 radical (unpaired) electrons. The minimum atomic E-state index is -0.243. The normalized spacial score (nSPS) is 9.17. The molecule has 1 aromatic heterocycles. The number of hydrogen-bond donors (Lipinski definition) is 1. The highest BCUT2D eigenvalue weighted by molar-refractivity contribution is 5.94. The van der Waals surface area contributed by atoms with Gasteiger partial charge in [-0.1, -0.05) is 0 Å². The van der Waals surface area contributed by atoms with E-state index >= 15 is 0 Å². The van der Waals surface area contributed by atoms with Crippen LogP contribution >= 0.6 is 0 Å². The summed E-state index contributed by atoms with van der Waals surface area (Å²) < 4.78 is 4.94. The Hall–Kier alpha value is -1.58. The van der Waals surface area contributed by atoms with Crippen LogP contribution in [0.3, 0.4) is 0 Å². The van der Waals surface area contributed by atoms with Crippen molar-refractivity contribution in [2.24, 2.45) is 0 Å². The van der Waals surface area contributed by atoms with Crippen LogP contribution < -0.4 is 10.1 Å².